The summed E-state index contributed by atoms with van der Waals surface area (Å²) >= 11 is 0. The lowest BCUT2D eigenvalue weighted by Gasteiger charge is -2.14. The van der Waals surface area contributed by atoms with Crippen LogP contribution < -0.4 is 10.1 Å². The number of aryl methyl sites for hydroxylation is 1. The van der Waals surface area contributed by atoms with Gasteiger partial charge in [0.25, 0.3) is 11.7 Å². The van der Waals surface area contributed by atoms with Crippen molar-refractivity contribution in [2.75, 3.05) is 7.11 Å². The van der Waals surface area contributed by atoms with Crippen LogP contribution in [0.2, 0.25) is 0 Å². The molecule has 1 heterocycles. The van der Waals surface area contributed by atoms with Gasteiger partial charge in [-0.2, -0.15) is 0 Å². The highest BCUT2D eigenvalue weighted by molar-refractivity contribution is 6.46. The molecule has 2 aromatic carbocycles. The number of hydrogen-bond acceptors (Lipinski definition) is 4. The predicted molar refractivity (Wildman–Crippen MR) is 89.6 cm³/mol. The summed E-state index contributed by atoms with van der Waals surface area (Å²) in [7, 11) is 1.56. The summed E-state index contributed by atoms with van der Waals surface area (Å²) in [6.45, 7) is 1.93. The van der Waals surface area contributed by atoms with Crippen LogP contribution in [0.1, 0.15) is 22.7 Å². The number of aliphatic hydroxyl groups excluding tert-OH is 1. The molecule has 1 saturated heterocycles. The zero-order valence-corrected chi connectivity index (χ0v) is 13.4. The Balaban J connectivity index is 2.07. The average Bonchev–Trinajstić information content (AvgIpc) is 2.90. The van der Waals surface area contributed by atoms with Crippen LogP contribution in [0.3, 0.4) is 0 Å². The first kappa shape index (κ1) is 15.8. The van der Waals surface area contributed by atoms with Crippen molar-refractivity contribution < 1.29 is 19.4 Å². The van der Waals surface area contributed by atoms with Gasteiger partial charge in [-0.3, -0.25) is 9.59 Å². The number of aliphatic hydroxyl groups is 1. The van der Waals surface area contributed by atoms with Crippen molar-refractivity contribution in [1.82, 2.24) is 5.32 Å². The summed E-state index contributed by atoms with van der Waals surface area (Å²) in [5.41, 5.74) is 2.30. The van der Waals surface area contributed by atoms with Crippen LogP contribution in [0.15, 0.2) is 54.1 Å². The molecule has 122 valence electrons. The van der Waals surface area contributed by atoms with E-state index in [-0.39, 0.29) is 11.3 Å². The average molecular weight is 323 g/mol. The highest BCUT2D eigenvalue weighted by atomic mass is 16.5. The zero-order valence-electron chi connectivity index (χ0n) is 13.4. The second-order valence-corrected chi connectivity index (χ2v) is 5.64. The Morgan fingerprint density at radius 3 is 2.25 bits per heavy atom. The lowest BCUT2D eigenvalue weighted by Crippen LogP contribution is -2.21. The second kappa shape index (κ2) is 6.20. The van der Waals surface area contributed by atoms with Gasteiger partial charge in [0.1, 0.15) is 11.5 Å². The summed E-state index contributed by atoms with van der Waals surface area (Å²) in [5.74, 6) is -0.944. The monoisotopic (exact) mass is 323 g/mol. The van der Waals surface area contributed by atoms with Crippen LogP contribution >= 0.6 is 0 Å². The Morgan fingerprint density at radius 1 is 1.04 bits per heavy atom. The number of Topliss-reactive ketones (excluding diaryl/α,β-unsaturated/α-hetero) is 1. The molecule has 0 saturated carbocycles. The first-order valence-corrected chi connectivity index (χ1v) is 7.50. The van der Waals surface area contributed by atoms with E-state index in [1.807, 2.05) is 19.1 Å². The number of amides is 1. The summed E-state index contributed by atoms with van der Waals surface area (Å²) in [4.78, 5) is 24.1. The van der Waals surface area contributed by atoms with E-state index in [2.05, 4.69) is 5.32 Å². The molecule has 5 nitrogen and oxygen atoms in total. The topological polar surface area (TPSA) is 75.6 Å². The summed E-state index contributed by atoms with van der Waals surface area (Å²) in [6, 6.07) is 13.4. The van der Waals surface area contributed by atoms with Crippen LogP contribution in [-0.4, -0.2) is 23.9 Å². The van der Waals surface area contributed by atoms with Crippen LogP contribution in [0.25, 0.3) is 5.76 Å². The fraction of sp³-hybridized carbons (Fsp3) is 0.158. The van der Waals surface area contributed by atoms with Gasteiger partial charge in [-0.15, -0.1) is 0 Å². The normalized spacial score (nSPS) is 19.2. The second-order valence-electron chi connectivity index (χ2n) is 5.64. The van der Waals surface area contributed by atoms with Crippen LogP contribution in [0.4, 0.5) is 0 Å². The van der Waals surface area contributed by atoms with Gasteiger partial charge < -0.3 is 15.2 Å². The minimum absolute atomic E-state index is 0.0639. The summed E-state index contributed by atoms with van der Waals surface area (Å²) in [5, 5.41) is 13.2. The van der Waals surface area contributed by atoms with Crippen molar-refractivity contribution in [3.8, 4) is 5.75 Å². The molecule has 1 aliphatic rings. The molecule has 1 fully saturated rings. The molecule has 2 aromatic rings. The Labute approximate surface area is 139 Å². The SMILES string of the molecule is COc1ccc(C2NC(=O)C(=O)/C2=C(\O)c2ccc(C)cc2)cc1. The smallest absolute Gasteiger partial charge is 0.293 e. The minimum Gasteiger partial charge on any atom is -0.507 e. The molecule has 0 bridgehead atoms. The van der Waals surface area contributed by atoms with Gasteiger partial charge >= 0.3 is 0 Å². The molecular formula is C19H17NO4. The molecule has 24 heavy (non-hydrogen) atoms. The number of hydrogen-bond donors (Lipinski definition) is 2. The predicted octanol–water partition coefficient (Wildman–Crippen LogP) is 2.71. The molecule has 0 aromatic heterocycles. The van der Waals surface area contributed by atoms with E-state index in [1.54, 1.807) is 43.5 Å². The zero-order chi connectivity index (χ0) is 17.3. The highest BCUT2D eigenvalue weighted by Gasteiger charge is 2.39. The number of ether oxygens (including phenoxy) is 1. The van der Waals surface area contributed by atoms with Crippen molar-refractivity contribution in [2.24, 2.45) is 0 Å². The van der Waals surface area contributed by atoms with E-state index in [1.165, 1.54) is 0 Å². The van der Waals surface area contributed by atoms with Crippen LogP contribution in [-0.2, 0) is 9.59 Å². The largest absolute Gasteiger partial charge is 0.507 e. The Hall–Kier alpha value is -3.08. The standard InChI is InChI=1S/C19H17NO4/c1-11-3-5-13(6-4-11)17(21)15-16(20-19(23)18(15)22)12-7-9-14(24-2)10-8-12/h3-10,16,21H,1-2H3,(H,20,23)/b17-15-. The molecule has 5 heteroatoms. The fourth-order valence-electron chi connectivity index (χ4n) is 2.68. The van der Waals surface area contributed by atoms with Crippen molar-refractivity contribution in [1.29, 1.82) is 0 Å². The lowest BCUT2D eigenvalue weighted by molar-refractivity contribution is -0.133. The number of rotatable bonds is 3. The van der Waals surface area contributed by atoms with Gasteiger partial charge in [-0.05, 0) is 24.6 Å². The number of nitrogens with one attached hydrogen (secondary N) is 1. The van der Waals surface area contributed by atoms with Gasteiger partial charge in [0, 0.05) is 5.56 Å². The number of benzene rings is 2. The van der Waals surface area contributed by atoms with Crippen LogP contribution in [0, 0.1) is 6.92 Å². The summed E-state index contributed by atoms with van der Waals surface area (Å²) < 4.78 is 5.11. The van der Waals surface area contributed by atoms with Gasteiger partial charge in [-0.1, -0.05) is 42.0 Å². The van der Waals surface area contributed by atoms with Crippen LogP contribution in [0.5, 0.6) is 5.75 Å². The van der Waals surface area contributed by atoms with Gasteiger partial charge in [0.15, 0.2) is 0 Å². The molecule has 0 radical (unpaired) electrons. The molecule has 0 aliphatic carbocycles. The maximum Gasteiger partial charge on any atom is 0.293 e. The Kier molecular flexibility index (Phi) is 4.08. The molecule has 3 rings (SSSR count). The maximum atomic E-state index is 12.2. The van der Waals surface area contributed by atoms with Gasteiger partial charge in [-0.25, -0.2) is 0 Å². The summed E-state index contributed by atoms with van der Waals surface area (Å²) in [6.07, 6.45) is 0. The van der Waals surface area contributed by atoms with Crippen molar-refractivity contribution in [2.45, 2.75) is 13.0 Å². The molecule has 2 N–H and O–H groups in total. The molecule has 1 atom stereocenters. The molecule has 0 spiro atoms. The molecule has 1 unspecified atom stereocenters. The van der Waals surface area contributed by atoms with E-state index in [9.17, 15) is 14.7 Å². The van der Waals surface area contributed by atoms with Gasteiger partial charge in [0.2, 0.25) is 0 Å². The third-order valence-corrected chi connectivity index (χ3v) is 4.04. The van der Waals surface area contributed by atoms with E-state index >= 15 is 0 Å². The molecule has 1 aliphatic heterocycles. The van der Waals surface area contributed by atoms with Crippen molar-refractivity contribution >= 4 is 17.4 Å². The fourth-order valence-corrected chi connectivity index (χ4v) is 2.68. The van der Waals surface area contributed by atoms with Gasteiger partial charge in [0.05, 0.1) is 18.7 Å². The Bertz CT molecular complexity index is 819. The number of carbonyl (C=O) groups excluding carboxylic acids is 2. The minimum atomic E-state index is -0.718. The third kappa shape index (κ3) is 2.76. The molecular weight excluding hydrogens is 306 g/mol. The van der Waals surface area contributed by atoms with Crippen molar-refractivity contribution in [3.63, 3.8) is 0 Å². The van der Waals surface area contributed by atoms with E-state index in [0.29, 0.717) is 16.9 Å². The van der Waals surface area contributed by atoms with E-state index in [0.717, 1.165) is 5.56 Å². The van der Waals surface area contributed by atoms with E-state index < -0.39 is 17.7 Å². The van der Waals surface area contributed by atoms with Crippen molar-refractivity contribution in [3.05, 3.63) is 70.8 Å². The Morgan fingerprint density at radius 2 is 1.67 bits per heavy atom. The third-order valence-electron chi connectivity index (χ3n) is 4.04. The first-order valence-electron chi connectivity index (χ1n) is 7.50. The maximum absolute atomic E-state index is 12.2. The molecule has 1 amide bonds. The number of ketones is 1. The quantitative estimate of drug-likeness (QED) is 0.517. The van der Waals surface area contributed by atoms with E-state index in [4.69, 9.17) is 4.74 Å². The number of carbonyl (C=O) groups is 2. The first-order chi connectivity index (χ1) is 11.5. The lowest BCUT2D eigenvalue weighted by atomic mass is 9.95. The number of methoxy groups -OCH3 is 1. The highest BCUT2D eigenvalue weighted by Crippen LogP contribution is 2.33.